The summed E-state index contributed by atoms with van der Waals surface area (Å²) in [6.45, 7) is 0. The average molecular weight is 416 g/mol. The molecule has 0 bridgehead atoms. The Morgan fingerprint density at radius 3 is 2.13 bits per heavy atom. The van der Waals surface area contributed by atoms with E-state index in [4.69, 9.17) is 8.83 Å². The van der Waals surface area contributed by atoms with Crippen molar-refractivity contribution in [3.63, 3.8) is 0 Å². The molecule has 0 saturated carbocycles. The third kappa shape index (κ3) is 3.02. The predicted octanol–water partition coefficient (Wildman–Crippen LogP) is 5.28. The lowest BCUT2D eigenvalue weighted by Crippen LogP contribution is -2.07. The van der Waals surface area contributed by atoms with Gasteiger partial charge in [-0.3, -0.25) is 4.79 Å². The van der Waals surface area contributed by atoms with E-state index in [-0.39, 0.29) is 10.3 Å². The molecule has 5 aromatic rings. The Labute approximate surface area is 172 Å². The topological polar surface area (TPSA) is 77.5 Å². The largest absolute Gasteiger partial charge is 0.456 e. The Morgan fingerprint density at radius 1 is 0.767 bits per heavy atom. The summed E-state index contributed by atoms with van der Waals surface area (Å²) < 4.78 is 35.7. The molecule has 0 unspecified atom stereocenters. The fraction of sp³-hybridized carbons (Fsp3) is 0.0417. The number of fused-ring (bicyclic) bond motifs is 2. The van der Waals surface area contributed by atoms with Gasteiger partial charge in [-0.15, -0.1) is 0 Å². The number of sulfone groups is 1. The number of benzene rings is 3. The number of para-hydroxylation sites is 2. The summed E-state index contributed by atoms with van der Waals surface area (Å²) >= 11 is 0. The van der Waals surface area contributed by atoms with Crippen molar-refractivity contribution in [2.24, 2.45) is 0 Å². The second-order valence-corrected chi connectivity index (χ2v) is 9.09. The maximum absolute atomic E-state index is 13.4. The molecular weight excluding hydrogens is 400 g/mol. The molecule has 0 radical (unpaired) electrons. The van der Waals surface area contributed by atoms with Crippen LogP contribution < -0.4 is 5.43 Å². The van der Waals surface area contributed by atoms with E-state index in [1.54, 1.807) is 36.4 Å². The van der Waals surface area contributed by atoms with Gasteiger partial charge in [0.1, 0.15) is 28.2 Å². The number of hydrogen-bond donors (Lipinski definition) is 0. The molecule has 5 nitrogen and oxygen atoms in total. The van der Waals surface area contributed by atoms with Gasteiger partial charge in [0.25, 0.3) is 0 Å². The zero-order valence-electron chi connectivity index (χ0n) is 16.0. The highest BCUT2D eigenvalue weighted by Crippen LogP contribution is 2.35. The Bertz CT molecular complexity index is 1540. The van der Waals surface area contributed by atoms with E-state index < -0.39 is 9.84 Å². The lowest BCUT2D eigenvalue weighted by atomic mass is 10.0. The molecule has 0 aliphatic heterocycles. The molecule has 0 aliphatic rings. The molecule has 0 aliphatic carbocycles. The van der Waals surface area contributed by atoms with Gasteiger partial charge in [-0.25, -0.2) is 8.42 Å². The third-order valence-electron chi connectivity index (χ3n) is 5.01. The van der Waals surface area contributed by atoms with Crippen LogP contribution in [0.25, 0.3) is 44.6 Å². The molecule has 0 atom stereocenters. The molecule has 0 saturated heterocycles. The van der Waals surface area contributed by atoms with E-state index in [2.05, 4.69) is 0 Å². The summed E-state index contributed by atoms with van der Waals surface area (Å²) in [6, 6.07) is 22.6. The summed E-state index contributed by atoms with van der Waals surface area (Å²) in [5.41, 5.74) is 1.79. The highest BCUT2D eigenvalue weighted by atomic mass is 32.2. The van der Waals surface area contributed by atoms with Crippen molar-refractivity contribution in [1.82, 2.24) is 0 Å². The van der Waals surface area contributed by atoms with Crippen LogP contribution in [0.1, 0.15) is 0 Å². The van der Waals surface area contributed by atoms with Crippen molar-refractivity contribution >= 4 is 31.8 Å². The summed E-state index contributed by atoms with van der Waals surface area (Å²) in [5.74, 6) is 0.732. The summed E-state index contributed by atoms with van der Waals surface area (Å²) in [7, 11) is -3.34. The first-order valence-corrected chi connectivity index (χ1v) is 11.2. The van der Waals surface area contributed by atoms with Crippen LogP contribution in [0.2, 0.25) is 0 Å². The monoisotopic (exact) mass is 416 g/mol. The first-order chi connectivity index (χ1) is 14.4. The molecule has 0 amide bonds. The Kier molecular flexibility index (Phi) is 4.11. The van der Waals surface area contributed by atoms with Crippen LogP contribution in [0.5, 0.6) is 0 Å². The Morgan fingerprint density at radius 2 is 1.43 bits per heavy atom. The van der Waals surface area contributed by atoms with Crippen LogP contribution in [0.15, 0.2) is 97.4 Å². The zero-order chi connectivity index (χ0) is 20.9. The van der Waals surface area contributed by atoms with Gasteiger partial charge < -0.3 is 8.83 Å². The van der Waals surface area contributed by atoms with Crippen molar-refractivity contribution < 1.29 is 17.3 Å². The van der Waals surface area contributed by atoms with Gasteiger partial charge in [-0.2, -0.15) is 0 Å². The van der Waals surface area contributed by atoms with Gasteiger partial charge in [0.2, 0.25) is 5.43 Å². The van der Waals surface area contributed by atoms with E-state index in [0.717, 1.165) is 11.6 Å². The van der Waals surface area contributed by atoms with Crippen molar-refractivity contribution in [1.29, 1.82) is 0 Å². The second kappa shape index (κ2) is 6.71. The molecule has 3 aromatic carbocycles. The SMILES string of the molecule is CS(=O)(=O)c1ccc(-c2oc3ccccc3c(=O)c2-c2cc3ccccc3o2)cc1. The molecule has 5 rings (SSSR count). The van der Waals surface area contributed by atoms with E-state index in [0.29, 0.717) is 39.2 Å². The lowest BCUT2D eigenvalue weighted by Gasteiger charge is -2.09. The predicted molar refractivity (Wildman–Crippen MR) is 116 cm³/mol. The first-order valence-electron chi connectivity index (χ1n) is 9.27. The number of hydrogen-bond acceptors (Lipinski definition) is 5. The van der Waals surface area contributed by atoms with E-state index in [1.165, 1.54) is 12.1 Å². The normalized spacial score (nSPS) is 11.9. The summed E-state index contributed by atoms with van der Waals surface area (Å²) in [5, 5.41) is 1.32. The van der Waals surface area contributed by atoms with Gasteiger partial charge in [0.05, 0.1) is 10.3 Å². The standard InChI is InChI=1S/C24H16O5S/c1-30(26,27)17-12-10-15(11-13-17)24-22(21-14-16-6-2-4-8-19(16)28-21)23(25)18-7-3-5-9-20(18)29-24/h2-14H,1H3. The van der Waals surface area contributed by atoms with Crippen LogP contribution in [-0.4, -0.2) is 14.7 Å². The van der Waals surface area contributed by atoms with Gasteiger partial charge in [-0.05, 0) is 48.5 Å². The van der Waals surface area contributed by atoms with Crippen LogP contribution in [0.3, 0.4) is 0 Å². The molecule has 6 heteroatoms. The molecule has 0 fully saturated rings. The molecule has 2 aromatic heterocycles. The smallest absolute Gasteiger partial charge is 0.204 e. The van der Waals surface area contributed by atoms with E-state index in [1.807, 2.05) is 30.3 Å². The molecule has 0 spiro atoms. The quantitative estimate of drug-likeness (QED) is 0.400. The average Bonchev–Trinajstić information content (AvgIpc) is 3.17. The minimum absolute atomic E-state index is 0.194. The fourth-order valence-corrected chi connectivity index (χ4v) is 4.16. The first kappa shape index (κ1) is 18.4. The van der Waals surface area contributed by atoms with Gasteiger partial charge in [0.15, 0.2) is 9.84 Å². The third-order valence-corrected chi connectivity index (χ3v) is 6.14. The molecule has 148 valence electrons. The summed E-state index contributed by atoms with van der Waals surface area (Å²) in [6.07, 6.45) is 1.15. The fourth-order valence-electron chi connectivity index (χ4n) is 3.53. The molecule has 30 heavy (non-hydrogen) atoms. The number of rotatable bonds is 3. The maximum atomic E-state index is 13.4. The van der Waals surface area contributed by atoms with Crippen LogP contribution in [0, 0.1) is 0 Å². The highest BCUT2D eigenvalue weighted by Gasteiger charge is 2.21. The van der Waals surface area contributed by atoms with Crippen LogP contribution in [0.4, 0.5) is 0 Å². The minimum atomic E-state index is -3.34. The van der Waals surface area contributed by atoms with Crippen molar-refractivity contribution in [2.75, 3.05) is 6.26 Å². The summed E-state index contributed by atoms with van der Waals surface area (Å²) in [4.78, 5) is 13.6. The molecular formula is C24H16O5S. The van der Waals surface area contributed by atoms with E-state index >= 15 is 0 Å². The van der Waals surface area contributed by atoms with Crippen molar-refractivity contribution in [2.45, 2.75) is 4.90 Å². The van der Waals surface area contributed by atoms with Gasteiger partial charge in [0, 0.05) is 17.2 Å². The highest BCUT2D eigenvalue weighted by molar-refractivity contribution is 7.90. The Balaban J connectivity index is 1.82. The lowest BCUT2D eigenvalue weighted by molar-refractivity contribution is 0.600. The Hall–Kier alpha value is -3.64. The zero-order valence-corrected chi connectivity index (χ0v) is 16.8. The molecule has 2 heterocycles. The number of furan rings is 1. The van der Waals surface area contributed by atoms with E-state index in [9.17, 15) is 13.2 Å². The molecule has 0 N–H and O–H groups in total. The van der Waals surface area contributed by atoms with Crippen LogP contribution in [-0.2, 0) is 9.84 Å². The maximum Gasteiger partial charge on any atom is 0.204 e. The second-order valence-electron chi connectivity index (χ2n) is 7.08. The van der Waals surface area contributed by atoms with Crippen molar-refractivity contribution in [3.8, 4) is 22.6 Å². The van der Waals surface area contributed by atoms with Crippen molar-refractivity contribution in [3.05, 3.63) is 89.1 Å². The van der Waals surface area contributed by atoms with Crippen LogP contribution >= 0.6 is 0 Å². The van der Waals surface area contributed by atoms with Gasteiger partial charge in [-0.1, -0.05) is 30.3 Å². The minimum Gasteiger partial charge on any atom is -0.456 e. The van der Waals surface area contributed by atoms with Gasteiger partial charge >= 0.3 is 0 Å².